The van der Waals surface area contributed by atoms with E-state index in [2.05, 4.69) is 43.5 Å². The van der Waals surface area contributed by atoms with E-state index in [9.17, 15) is 19.4 Å². The Balaban J connectivity index is 4.06. The van der Waals surface area contributed by atoms with Crippen LogP contribution in [0, 0.1) is 0 Å². The van der Waals surface area contributed by atoms with Crippen molar-refractivity contribution in [2.24, 2.45) is 0 Å². The van der Waals surface area contributed by atoms with Crippen LogP contribution < -0.4 is 5.32 Å². The Hall–Kier alpha value is -1.28. The van der Waals surface area contributed by atoms with Gasteiger partial charge in [0.05, 0.1) is 39.9 Å². The number of likely N-dealkylation sites (N-methyl/N-ethyl adjacent to an activating group) is 1. The number of quaternary nitrogens is 1. The number of hydrogen-bond donors (Lipinski definition) is 3. The SMILES string of the molecule is CCCCCCCCCC/C=C/C(O)C(COP(=O)(O)OCC[N+](C)(C)C)NC(=O)CCCCCCCCCCCCCCC/C=C\C/C=C\CCCCCCCCCCC. The summed E-state index contributed by atoms with van der Waals surface area (Å²) in [5, 5.41) is 13.8. The molecule has 8 nitrogen and oxygen atoms in total. The van der Waals surface area contributed by atoms with E-state index in [-0.39, 0.29) is 19.1 Å². The Morgan fingerprint density at radius 1 is 0.557 bits per heavy atom. The number of phosphoric ester groups is 1. The van der Waals surface area contributed by atoms with Crippen molar-refractivity contribution < 1.29 is 32.9 Å². The Bertz CT molecular complexity index is 1090. The molecule has 0 aliphatic rings. The topological polar surface area (TPSA) is 105 Å². The van der Waals surface area contributed by atoms with Crippen molar-refractivity contribution in [1.82, 2.24) is 5.32 Å². The number of allylic oxidation sites excluding steroid dienone is 5. The van der Waals surface area contributed by atoms with Gasteiger partial charge in [-0.25, -0.2) is 4.57 Å². The van der Waals surface area contributed by atoms with Crippen LogP contribution in [0.2, 0.25) is 0 Å². The molecule has 0 aliphatic carbocycles. The third-order valence-electron chi connectivity index (χ3n) is 11.6. The lowest BCUT2D eigenvalue weighted by atomic mass is 10.0. The lowest BCUT2D eigenvalue weighted by molar-refractivity contribution is -0.870. The highest BCUT2D eigenvalue weighted by Crippen LogP contribution is 2.43. The molecular weight excluding hydrogens is 780 g/mol. The second-order valence-electron chi connectivity index (χ2n) is 18.9. The lowest BCUT2D eigenvalue weighted by Gasteiger charge is -2.25. The minimum atomic E-state index is -4.33. The molecule has 0 aliphatic heterocycles. The van der Waals surface area contributed by atoms with Crippen molar-refractivity contribution in [3.63, 3.8) is 0 Å². The fourth-order valence-electron chi connectivity index (χ4n) is 7.48. The van der Waals surface area contributed by atoms with Crippen LogP contribution in [0.4, 0.5) is 0 Å². The third-order valence-corrected chi connectivity index (χ3v) is 12.6. The lowest BCUT2D eigenvalue weighted by Crippen LogP contribution is -2.45. The maximum Gasteiger partial charge on any atom is 0.472 e. The number of nitrogens with zero attached hydrogens (tertiary/aromatic N) is 1. The number of carbonyl (C=O) groups is 1. The summed E-state index contributed by atoms with van der Waals surface area (Å²) in [6, 6.07) is -0.844. The van der Waals surface area contributed by atoms with Gasteiger partial charge in [-0.3, -0.25) is 13.8 Å². The van der Waals surface area contributed by atoms with E-state index < -0.39 is 20.0 Å². The number of hydrogen-bond acceptors (Lipinski definition) is 5. The predicted molar refractivity (Wildman–Crippen MR) is 263 cm³/mol. The molecule has 0 aromatic rings. The average Bonchev–Trinajstić information content (AvgIpc) is 3.21. The third kappa shape index (κ3) is 46.5. The van der Waals surface area contributed by atoms with Crippen LogP contribution in [0.5, 0.6) is 0 Å². The van der Waals surface area contributed by atoms with E-state index in [1.54, 1.807) is 6.08 Å². The summed E-state index contributed by atoms with van der Waals surface area (Å²) in [4.78, 5) is 23.1. The quantitative estimate of drug-likeness (QED) is 0.0243. The van der Waals surface area contributed by atoms with Crippen LogP contribution in [0.15, 0.2) is 36.5 Å². The van der Waals surface area contributed by atoms with Crippen LogP contribution in [0.1, 0.15) is 239 Å². The molecule has 9 heteroatoms. The number of aliphatic hydroxyl groups is 1. The average molecular weight is 882 g/mol. The molecule has 61 heavy (non-hydrogen) atoms. The van der Waals surface area contributed by atoms with Crippen LogP contribution in [0.3, 0.4) is 0 Å². The fraction of sp³-hybridized carbons (Fsp3) is 0.865. The monoisotopic (exact) mass is 882 g/mol. The highest BCUT2D eigenvalue weighted by Gasteiger charge is 2.27. The number of phosphoric acid groups is 1. The second-order valence-corrected chi connectivity index (χ2v) is 20.4. The first-order valence-corrected chi connectivity index (χ1v) is 27.4. The number of rotatable bonds is 47. The number of amides is 1. The van der Waals surface area contributed by atoms with Gasteiger partial charge in [-0.15, -0.1) is 0 Å². The van der Waals surface area contributed by atoms with Gasteiger partial charge in [0.25, 0.3) is 0 Å². The number of nitrogens with one attached hydrogen (secondary N) is 1. The first-order valence-electron chi connectivity index (χ1n) is 25.9. The predicted octanol–water partition coefficient (Wildman–Crippen LogP) is 15.0. The molecule has 0 radical (unpaired) electrons. The first-order chi connectivity index (χ1) is 29.5. The molecule has 0 aromatic heterocycles. The van der Waals surface area contributed by atoms with Crippen molar-refractivity contribution in [3.8, 4) is 0 Å². The summed E-state index contributed by atoms with van der Waals surface area (Å²) < 4.78 is 23.6. The summed E-state index contributed by atoms with van der Waals surface area (Å²) in [5.41, 5.74) is 0. The van der Waals surface area contributed by atoms with Gasteiger partial charge in [-0.05, 0) is 51.4 Å². The number of aliphatic hydroxyl groups excluding tert-OH is 1. The van der Waals surface area contributed by atoms with Crippen LogP contribution >= 0.6 is 7.82 Å². The molecule has 0 fully saturated rings. The molecule has 3 N–H and O–H groups in total. The summed E-state index contributed by atoms with van der Waals surface area (Å²) in [5.74, 6) is -0.179. The van der Waals surface area contributed by atoms with Gasteiger partial charge in [0.1, 0.15) is 13.2 Å². The Morgan fingerprint density at radius 2 is 0.934 bits per heavy atom. The van der Waals surface area contributed by atoms with Crippen LogP contribution in [-0.2, 0) is 18.4 Å². The molecule has 3 atom stereocenters. The largest absolute Gasteiger partial charge is 0.472 e. The van der Waals surface area contributed by atoms with E-state index in [1.807, 2.05) is 27.2 Å². The second kappa shape index (κ2) is 43.9. The Kier molecular flexibility index (Phi) is 43.0. The van der Waals surface area contributed by atoms with Crippen molar-refractivity contribution in [2.75, 3.05) is 40.9 Å². The minimum absolute atomic E-state index is 0.0615. The van der Waals surface area contributed by atoms with Crippen molar-refractivity contribution >= 4 is 13.7 Å². The van der Waals surface area contributed by atoms with Gasteiger partial charge in [-0.1, -0.05) is 217 Å². The zero-order chi connectivity index (χ0) is 45.0. The van der Waals surface area contributed by atoms with Crippen molar-refractivity contribution in [2.45, 2.75) is 251 Å². The Morgan fingerprint density at radius 3 is 1.34 bits per heavy atom. The molecule has 0 aromatic carbocycles. The van der Waals surface area contributed by atoms with E-state index in [1.165, 1.54) is 173 Å². The van der Waals surface area contributed by atoms with E-state index in [4.69, 9.17) is 9.05 Å². The molecule has 1 amide bonds. The summed E-state index contributed by atoms with van der Waals surface area (Å²) in [7, 11) is 1.57. The van der Waals surface area contributed by atoms with Crippen molar-refractivity contribution in [3.05, 3.63) is 36.5 Å². The normalized spacial score (nSPS) is 14.4. The molecule has 0 rings (SSSR count). The van der Waals surface area contributed by atoms with Crippen LogP contribution in [0.25, 0.3) is 0 Å². The zero-order valence-electron chi connectivity index (χ0n) is 40.9. The van der Waals surface area contributed by atoms with Crippen LogP contribution in [-0.4, -0.2) is 73.4 Å². The van der Waals surface area contributed by atoms with E-state index in [0.717, 1.165) is 44.9 Å². The minimum Gasteiger partial charge on any atom is -0.387 e. The highest BCUT2D eigenvalue weighted by molar-refractivity contribution is 7.47. The van der Waals surface area contributed by atoms with Gasteiger partial charge >= 0.3 is 7.82 Å². The van der Waals surface area contributed by atoms with E-state index >= 15 is 0 Å². The molecule has 0 bridgehead atoms. The smallest absolute Gasteiger partial charge is 0.387 e. The van der Waals surface area contributed by atoms with Gasteiger partial charge in [0, 0.05) is 6.42 Å². The molecule has 0 saturated heterocycles. The summed E-state index contributed by atoms with van der Waals surface area (Å²) >= 11 is 0. The standard InChI is InChI=1S/C52H101N2O6P/c1-6-8-10-12-14-16-18-19-20-21-22-23-24-25-26-27-28-29-30-31-32-33-34-35-36-38-40-42-44-46-52(56)53-50(49-60-61(57,58)59-48-47-54(3,4)5)51(55)45-43-41-39-37-17-15-13-11-9-7-2/h22-23,25-26,43,45,50-51,55H,6-21,24,27-42,44,46-49H2,1-5H3,(H-,53,56,57,58)/p+1/b23-22-,26-25-,45-43+. The first kappa shape index (κ1) is 59.7. The Labute approximate surface area is 378 Å². The summed E-state index contributed by atoms with van der Waals surface area (Å²) in [6.45, 7) is 4.80. The zero-order valence-corrected chi connectivity index (χ0v) is 41.8. The maximum atomic E-state index is 12.9. The molecule has 3 unspecified atom stereocenters. The molecular formula is C52H102N2O6P+. The fourth-order valence-corrected chi connectivity index (χ4v) is 8.22. The number of carbonyl (C=O) groups excluding carboxylic acids is 1. The van der Waals surface area contributed by atoms with Gasteiger partial charge in [0.15, 0.2) is 0 Å². The van der Waals surface area contributed by atoms with Gasteiger partial charge < -0.3 is 19.8 Å². The molecule has 360 valence electrons. The van der Waals surface area contributed by atoms with Gasteiger partial charge in [-0.2, -0.15) is 0 Å². The maximum absolute atomic E-state index is 12.9. The van der Waals surface area contributed by atoms with Crippen molar-refractivity contribution in [1.29, 1.82) is 0 Å². The molecule has 0 heterocycles. The molecule has 0 saturated carbocycles. The van der Waals surface area contributed by atoms with Gasteiger partial charge in [0.2, 0.25) is 5.91 Å². The highest BCUT2D eigenvalue weighted by atomic mass is 31.2. The van der Waals surface area contributed by atoms with E-state index in [0.29, 0.717) is 17.4 Å². The number of unbranched alkanes of at least 4 members (excludes halogenated alkanes) is 30. The summed E-state index contributed by atoms with van der Waals surface area (Å²) in [6.07, 6.45) is 55.3. The molecule has 0 spiro atoms.